The van der Waals surface area contributed by atoms with E-state index < -0.39 is 6.10 Å². The molecule has 2 atom stereocenters. The normalized spacial score (nSPS) is 23.1. The lowest BCUT2D eigenvalue weighted by molar-refractivity contribution is 0.0753. The van der Waals surface area contributed by atoms with Crippen molar-refractivity contribution in [1.82, 2.24) is 10.6 Å². The van der Waals surface area contributed by atoms with E-state index in [9.17, 15) is 15.0 Å². The number of nitrogens with one attached hydrogen (secondary N) is 2. The van der Waals surface area contributed by atoms with E-state index in [0.29, 0.717) is 24.2 Å². The number of aliphatic hydroxyl groups is 1. The Morgan fingerprint density at radius 1 is 1.53 bits per heavy atom. The SMILES string of the molecule is Cc1c(O)cccc1C(=O)NC[C@@H]1CCNC[C@H]1O. The van der Waals surface area contributed by atoms with E-state index in [4.69, 9.17) is 0 Å². The molecule has 0 saturated carbocycles. The summed E-state index contributed by atoms with van der Waals surface area (Å²) in [5.74, 6) is -0.00324. The summed E-state index contributed by atoms with van der Waals surface area (Å²) in [7, 11) is 0. The molecule has 0 bridgehead atoms. The average Bonchev–Trinajstić information content (AvgIpc) is 2.40. The third kappa shape index (κ3) is 3.24. The Balaban J connectivity index is 1.95. The van der Waals surface area contributed by atoms with Gasteiger partial charge in [-0.2, -0.15) is 0 Å². The number of piperidine rings is 1. The van der Waals surface area contributed by atoms with Crippen LogP contribution in [0.15, 0.2) is 18.2 Å². The maximum absolute atomic E-state index is 12.0. The van der Waals surface area contributed by atoms with E-state index in [1.807, 2.05) is 0 Å². The second kappa shape index (κ2) is 6.04. The van der Waals surface area contributed by atoms with Crippen molar-refractivity contribution in [3.05, 3.63) is 29.3 Å². The topological polar surface area (TPSA) is 81.6 Å². The minimum absolute atomic E-state index is 0.0859. The van der Waals surface area contributed by atoms with Crippen LogP contribution in [0.2, 0.25) is 0 Å². The molecule has 1 saturated heterocycles. The zero-order chi connectivity index (χ0) is 13.8. The molecule has 1 fully saturated rings. The first-order valence-electron chi connectivity index (χ1n) is 6.55. The van der Waals surface area contributed by atoms with Gasteiger partial charge in [-0.15, -0.1) is 0 Å². The van der Waals surface area contributed by atoms with E-state index >= 15 is 0 Å². The molecule has 5 nitrogen and oxygen atoms in total. The van der Waals surface area contributed by atoms with Crippen LogP contribution in [0.25, 0.3) is 0 Å². The molecule has 1 aromatic carbocycles. The van der Waals surface area contributed by atoms with Crippen molar-refractivity contribution in [2.24, 2.45) is 5.92 Å². The number of phenolic OH excluding ortho intramolecular Hbond substituents is 1. The number of amides is 1. The average molecular weight is 264 g/mol. The smallest absolute Gasteiger partial charge is 0.251 e. The van der Waals surface area contributed by atoms with Gasteiger partial charge in [-0.3, -0.25) is 4.79 Å². The standard InChI is InChI=1S/C14H20N2O3/c1-9-11(3-2-4-12(9)17)14(19)16-7-10-5-6-15-8-13(10)18/h2-4,10,13,15,17-18H,5-8H2,1H3,(H,16,19)/t10-,13+/m0/s1. The minimum Gasteiger partial charge on any atom is -0.508 e. The molecule has 1 amide bonds. The molecule has 104 valence electrons. The van der Waals surface area contributed by atoms with Crippen molar-refractivity contribution < 1.29 is 15.0 Å². The van der Waals surface area contributed by atoms with Crippen LogP contribution in [-0.4, -0.2) is 41.9 Å². The Morgan fingerprint density at radius 3 is 3.05 bits per heavy atom. The fraction of sp³-hybridized carbons (Fsp3) is 0.500. The number of rotatable bonds is 3. The number of aliphatic hydroxyl groups excluding tert-OH is 1. The zero-order valence-corrected chi connectivity index (χ0v) is 11.0. The third-order valence-corrected chi connectivity index (χ3v) is 3.66. The quantitative estimate of drug-likeness (QED) is 0.637. The third-order valence-electron chi connectivity index (χ3n) is 3.66. The molecule has 0 radical (unpaired) electrons. The molecule has 1 aliphatic rings. The number of carbonyl (C=O) groups excluding carboxylic acids is 1. The molecule has 5 heteroatoms. The molecule has 0 unspecified atom stereocenters. The fourth-order valence-corrected chi connectivity index (χ4v) is 2.32. The van der Waals surface area contributed by atoms with Crippen LogP contribution in [0.1, 0.15) is 22.3 Å². The first-order chi connectivity index (χ1) is 9.09. The summed E-state index contributed by atoms with van der Waals surface area (Å²) in [5, 5.41) is 25.3. The van der Waals surface area contributed by atoms with Crippen molar-refractivity contribution >= 4 is 5.91 Å². The van der Waals surface area contributed by atoms with Crippen LogP contribution in [0.5, 0.6) is 5.75 Å². The van der Waals surface area contributed by atoms with Gasteiger partial charge in [-0.1, -0.05) is 6.07 Å². The molecular formula is C14H20N2O3. The number of β-amino-alcohol motifs (C(OH)–C–C–N with tert-alkyl or cyclic N) is 1. The Bertz CT molecular complexity index is 462. The number of hydrogen-bond acceptors (Lipinski definition) is 4. The monoisotopic (exact) mass is 264 g/mol. The highest BCUT2D eigenvalue weighted by molar-refractivity contribution is 5.96. The number of benzene rings is 1. The van der Waals surface area contributed by atoms with Gasteiger partial charge in [0.05, 0.1) is 6.10 Å². The predicted molar refractivity (Wildman–Crippen MR) is 72.2 cm³/mol. The lowest BCUT2D eigenvalue weighted by Crippen LogP contribution is -2.45. The van der Waals surface area contributed by atoms with Gasteiger partial charge in [0, 0.05) is 30.1 Å². The summed E-state index contributed by atoms with van der Waals surface area (Å²) in [6.45, 7) is 3.61. The molecular weight excluding hydrogens is 244 g/mol. The highest BCUT2D eigenvalue weighted by Crippen LogP contribution is 2.19. The Hall–Kier alpha value is -1.59. The highest BCUT2D eigenvalue weighted by Gasteiger charge is 2.23. The molecule has 19 heavy (non-hydrogen) atoms. The van der Waals surface area contributed by atoms with Crippen LogP contribution < -0.4 is 10.6 Å². The summed E-state index contributed by atoms with van der Waals surface area (Å²) in [4.78, 5) is 12.0. The van der Waals surface area contributed by atoms with Gasteiger partial charge in [0.15, 0.2) is 0 Å². The van der Waals surface area contributed by atoms with E-state index in [1.54, 1.807) is 25.1 Å². The van der Waals surface area contributed by atoms with Crippen molar-refractivity contribution in [3.63, 3.8) is 0 Å². The molecule has 0 aliphatic carbocycles. The Labute approximate surface area is 112 Å². The van der Waals surface area contributed by atoms with Gasteiger partial charge in [0.25, 0.3) is 5.91 Å². The number of phenols is 1. The summed E-state index contributed by atoms with van der Waals surface area (Å²) in [6.07, 6.45) is 0.430. The van der Waals surface area contributed by atoms with E-state index in [1.165, 1.54) is 0 Å². The summed E-state index contributed by atoms with van der Waals surface area (Å²) >= 11 is 0. The fourth-order valence-electron chi connectivity index (χ4n) is 2.32. The number of aromatic hydroxyl groups is 1. The second-order valence-corrected chi connectivity index (χ2v) is 4.98. The molecule has 1 heterocycles. The van der Waals surface area contributed by atoms with Crippen molar-refractivity contribution in [3.8, 4) is 5.75 Å². The van der Waals surface area contributed by atoms with Crippen molar-refractivity contribution in [1.29, 1.82) is 0 Å². The van der Waals surface area contributed by atoms with Gasteiger partial charge >= 0.3 is 0 Å². The lowest BCUT2D eigenvalue weighted by atomic mass is 9.95. The van der Waals surface area contributed by atoms with Gasteiger partial charge < -0.3 is 20.8 Å². The second-order valence-electron chi connectivity index (χ2n) is 4.98. The van der Waals surface area contributed by atoms with E-state index in [0.717, 1.165) is 13.0 Å². The van der Waals surface area contributed by atoms with Crippen LogP contribution in [0.4, 0.5) is 0 Å². The minimum atomic E-state index is -0.417. The van der Waals surface area contributed by atoms with Gasteiger partial charge in [0.2, 0.25) is 0 Å². The van der Waals surface area contributed by atoms with Gasteiger partial charge in [-0.25, -0.2) is 0 Å². The molecule has 0 aromatic heterocycles. The lowest BCUT2D eigenvalue weighted by Gasteiger charge is -2.28. The zero-order valence-electron chi connectivity index (χ0n) is 11.0. The van der Waals surface area contributed by atoms with Crippen molar-refractivity contribution in [2.75, 3.05) is 19.6 Å². The largest absolute Gasteiger partial charge is 0.508 e. The first-order valence-corrected chi connectivity index (χ1v) is 6.55. The summed E-state index contributed by atoms with van der Waals surface area (Å²) in [5.41, 5.74) is 1.05. The van der Waals surface area contributed by atoms with Crippen LogP contribution in [0.3, 0.4) is 0 Å². The molecule has 4 N–H and O–H groups in total. The number of carbonyl (C=O) groups is 1. The first kappa shape index (κ1) is 13.8. The molecule has 1 aromatic rings. The van der Waals surface area contributed by atoms with Crippen LogP contribution in [0, 0.1) is 12.8 Å². The Morgan fingerprint density at radius 2 is 2.32 bits per heavy atom. The molecule has 2 rings (SSSR count). The molecule has 1 aliphatic heterocycles. The molecule has 0 spiro atoms. The van der Waals surface area contributed by atoms with Gasteiger partial charge in [-0.05, 0) is 32.0 Å². The highest BCUT2D eigenvalue weighted by atomic mass is 16.3. The van der Waals surface area contributed by atoms with E-state index in [2.05, 4.69) is 10.6 Å². The van der Waals surface area contributed by atoms with E-state index in [-0.39, 0.29) is 17.6 Å². The van der Waals surface area contributed by atoms with Crippen molar-refractivity contribution in [2.45, 2.75) is 19.4 Å². The predicted octanol–water partition coefficient (Wildman–Crippen LogP) is 0.401. The Kier molecular flexibility index (Phi) is 4.39. The van der Waals surface area contributed by atoms with Crippen LogP contribution in [-0.2, 0) is 0 Å². The van der Waals surface area contributed by atoms with Crippen LogP contribution >= 0.6 is 0 Å². The maximum atomic E-state index is 12.0. The summed E-state index contributed by atoms with van der Waals surface area (Å²) in [6, 6.07) is 4.89. The maximum Gasteiger partial charge on any atom is 0.251 e. The van der Waals surface area contributed by atoms with Gasteiger partial charge in [0.1, 0.15) is 5.75 Å². The number of hydrogen-bond donors (Lipinski definition) is 4. The summed E-state index contributed by atoms with van der Waals surface area (Å²) < 4.78 is 0.